The molecule has 2 aromatic rings. The number of hydrazone groups is 1. The fourth-order valence-electron chi connectivity index (χ4n) is 2.15. The molecule has 134 valence electrons. The molecule has 0 saturated carbocycles. The molecule has 1 aromatic heterocycles. The average molecular weight is 344 g/mol. The number of aromatic nitrogens is 2. The molecule has 0 amide bonds. The first-order chi connectivity index (χ1) is 12.0. The molecule has 0 fully saturated rings. The minimum atomic E-state index is -0.272. The highest BCUT2D eigenvalue weighted by Crippen LogP contribution is 2.12. The molecule has 0 spiro atoms. The molecular weight excluding hydrogens is 320 g/mol. The summed E-state index contributed by atoms with van der Waals surface area (Å²) in [6.07, 6.45) is 1.91. The number of hydrogen-bond acceptors (Lipinski definition) is 6. The van der Waals surface area contributed by atoms with E-state index in [1.807, 2.05) is 24.3 Å². The highest BCUT2D eigenvalue weighted by atomic mass is 16.5. The summed E-state index contributed by atoms with van der Waals surface area (Å²) < 4.78 is 5.63. The van der Waals surface area contributed by atoms with Crippen molar-refractivity contribution >= 4 is 12.2 Å². The molecule has 2 rings (SSSR count). The second kappa shape index (κ2) is 8.98. The van der Waals surface area contributed by atoms with Crippen LogP contribution in [0.15, 0.2) is 34.2 Å². The van der Waals surface area contributed by atoms with Crippen LogP contribution in [0.4, 0.5) is 5.95 Å². The number of H-pyrrole nitrogens is 1. The van der Waals surface area contributed by atoms with Crippen molar-refractivity contribution in [1.82, 2.24) is 9.97 Å². The fraction of sp³-hybridized carbons (Fsp3) is 0.389. The summed E-state index contributed by atoms with van der Waals surface area (Å²) in [5.41, 5.74) is 4.38. The van der Waals surface area contributed by atoms with Crippen LogP contribution >= 0.6 is 0 Å². The second-order valence-electron chi connectivity index (χ2n) is 6.10. The van der Waals surface area contributed by atoms with Crippen LogP contribution in [0.25, 0.3) is 0 Å². The number of benzene rings is 1. The van der Waals surface area contributed by atoms with Gasteiger partial charge in [-0.15, -0.1) is 0 Å². The number of hydrogen-bond donors (Lipinski definition) is 3. The normalized spacial score (nSPS) is 11.2. The molecule has 0 unspecified atom stereocenters. The lowest BCUT2D eigenvalue weighted by atomic mass is 10.2. The maximum atomic E-state index is 11.9. The molecular formula is C18H24N4O3. The van der Waals surface area contributed by atoms with E-state index in [0.29, 0.717) is 23.8 Å². The quantitative estimate of drug-likeness (QED) is 0.503. The van der Waals surface area contributed by atoms with E-state index in [0.717, 1.165) is 11.3 Å². The number of aliphatic hydroxyl groups is 1. The molecule has 7 nitrogen and oxygen atoms in total. The van der Waals surface area contributed by atoms with Crippen molar-refractivity contribution in [2.45, 2.75) is 27.2 Å². The summed E-state index contributed by atoms with van der Waals surface area (Å²) in [6.45, 7) is 6.52. The summed E-state index contributed by atoms with van der Waals surface area (Å²) in [5.74, 6) is 1.56. The Morgan fingerprint density at radius 1 is 1.36 bits per heavy atom. The number of aromatic amines is 1. The van der Waals surface area contributed by atoms with Crippen LogP contribution in [0.2, 0.25) is 0 Å². The van der Waals surface area contributed by atoms with E-state index in [-0.39, 0.29) is 24.5 Å². The Balaban J connectivity index is 1.98. The summed E-state index contributed by atoms with van der Waals surface area (Å²) in [5, 5.41) is 13.0. The first-order valence-corrected chi connectivity index (χ1v) is 8.22. The van der Waals surface area contributed by atoms with E-state index in [1.165, 1.54) is 0 Å². The van der Waals surface area contributed by atoms with Gasteiger partial charge in [0, 0.05) is 18.6 Å². The van der Waals surface area contributed by atoms with Gasteiger partial charge in [-0.25, -0.2) is 10.4 Å². The molecule has 0 bridgehead atoms. The third kappa shape index (κ3) is 5.72. The van der Waals surface area contributed by atoms with Gasteiger partial charge in [0.25, 0.3) is 5.56 Å². The largest absolute Gasteiger partial charge is 0.493 e. The maximum Gasteiger partial charge on any atom is 0.255 e. The molecule has 7 heteroatoms. The van der Waals surface area contributed by atoms with Crippen molar-refractivity contribution < 1.29 is 9.84 Å². The van der Waals surface area contributed by atoms with Crippen molar-refractivity contribution in [3.05, 3.63) is 51.4 Å². The Morgan fingerprint density at radius 2 is 2.08 bits per heavy atom. The molecule has 1 aromatic carbocycles. The first-order valence-electron chi connectivity index (χ1n) is 8.22. The van der Waals surface area contributed by atoms with Gasteiger partial charge in [0.2, 0.25) is 5.95 Å². The topological polar surface area (TPSA) is 99.6 Å². The number of aryl methyl sites for hydroxylation is 1. The fourth-order valence-corrected chi connectivity index (χ4v) is 2.15. The van der Waals surface area contributed by atoms with E-state index in [1.54, 1.807) is 13.1 Å². The molecule has 0 radical (unpaired) electrons. The predicted molar refractivity (Wildman–Crippen MR) is 98.4 cm³/mol. The van der Waals surface area contributed by atoms with Gasteiger partial charge < -0.3 is 9.84 Å². The van der Waals surface area contributed by atoms with Crippen LogP contribution in [0.3, 0.4) is 0 Å². The number of rotatable bonds is 8. The second-order valence-corrected chi connectivity index (χ2v) is 6.10. The van der Waals surface area contributed by atoms with E-state index in [2.05, 4.69) is 34.3 Å². The van der Waals surface area contributed by atoms with Crippen molar-refractivity contribution in [2.24, 2.45) is 11.0 Å². The van der Waals surface area contributed by atoms with Crippen molar-refractivity contribution in [2.75, 3.05) is 18.6 Å². The standard InChI is InChI=1S/C18H24N4O3/c1-12(2)11-25-15-6-4-14(5-7-15)10-19-22-18-20-13(3)16(8-9-23)17(24)21-18/h4-7,10,12,23H,8-9,11H2,1-3H3,(H2,20,21,22,24)/b19-10-. The number of anilines is 1. The van der Waals surface area contributed by atoms with Gasteiger partial charge in [-0.1, -0.05) is 13.8 Å². The number of aliphatic hydroxyl groups excluding tert-OH is 1. The van der Waals surface area contributed by atoms with Gasteiger partial charge >= 0.3 is 0 Å². The SMILES string of the molecule is Cc1nc(N/N=C\c2ccc(OCC(C)C)cc2)[nH]c(=O)c1CCO. The van der Waals surface area contributed by atoms with E-state index < -0.39 is 0 Å². The molecule has 0 aliphatic carbocycles. The molecule has 25 heavy (non-hydrogen) atoms. The van der Waals surface area contributed by atoms with E-state index in [9.17, 15) is 4.79 Å². The van der Waals surface area contributed by atoms with Crippen molar-refractivity contribution in [3.63, 3.8) is 0 Å². The van der Waals surface area contributed by atoms with E-state index >= 15 is 0 Å². The van der Waals surface area contributed by atoms with Crippen molar-refractivity contribution in [3.8, 4) is 5.75 Å². The minimum absolute atomic E-state index is 0.0899. The molecule has 0 aliphatic heterocycles. The molecule has 0 atom stereocenters. The number of nitrogens with one attached hydrogen (secondary N) is 2. The van der Waals surface area contributed by atoms with Gasteiger partial charge in [0.15, 0.2) is 0 Å². The Kier molecular flexibility index (Phi) is 6.71. The zero-order valence-corrected chi connectivity index (χ0v) is 14.7. The number of ether oxygens (including phenoxy) is 1. The lowest BCUT2D eigenvalue weighted by molar-refractivity contribution is 0.271. The van der Waals surface area contributed by atoms with Crippen LogP contribution in [-0.4, -0.2) is 34.5 Å². The zero-order chi connectivity index (χ0) is 18.2. The lowest BCUT2D eigenvalue weighted by Crippen LogP contribution is -2.19. The predicted octanol–water partition coefficient (Wildman–Crippen LogP) is 2.09. The van der Waals surface area contributed by atoms with Gasteiger partial charge in [-0.3, -0.25) is 9.78 Å². The molecule has 0 aliphatic rings. The monoisotopic (exact) mass is 344 g/mol. The summed E-state index contributed by atoms with van der Waals surface area (Å²) in [7, 11) is 0. The highest BCUT2D eigenvalue weighted by molar-refractivity contribution is 5.80. The molecule has 3 N–H and O–H groups in total. The molecule has 0 saturated heterocycles. The van der Waals surface area contributed by atoms with Crippen molar-refractivity contribution in [1.29, 1.82) is 0 Å². The third-order valence-corrected chi connectivity index (χ3v) is 3.43. The average Bonchev–Trinajstić information content (AvgIpc) is 2.57. The van der Waals surface area contributed by atoms with E-state index in [4.69, 9.17) is 9.84 Å². The number of nitrogens with zero attached hydrogens (tertiary/aromatic N) is 2. The Labute approximate surface area is 146 Å². The smallest absolute Gasteiger partial charge is 0.255 e. The first kappa shape index (κ1) is 18.7. The lowest BCUT2D eigenvalue weighted by Gasteiger charge is -2.08. The van der Waals surface area contributed by atoms with Gasteiger partial charge in [0.05, 0.1) is 18.5 Å². The van der Waals surface area contributed by atoms with Gasteiger partial charge in [-0.05, 0) is 42.7 Å². The maximum absolute atomic E-state index is 11.9. The Morgan fingerprint density at radius 3 is 2.68 bits per heavy atom. The summed E-state index contributed by atoms with van der Waals surface area (Å²) in [4.78, 5) is 18.7. The van der Waals surface area contributed by atoms with Crippen LogP contribution in [0, 0.1) is 12.8 Å². The Hall–Kier alpha value is -2.67. The highest BCUT2D eigenvalue weighted by Gasteiger charge is 2.06. The summed E-state index contributed by atoms with van der Waals surface area (Å²) >= 11 is 0. The van der Waals surface area contributed by atoms with Crippen LogP contribution in [0.1, 0.15) is 30.7 Å². The van der Waals surface area contributed by atoms with Crippen LogP contribution in [0.5, 0.6) is 5.75 Å². The Bertz CT molecular complexity index is 767. The summed E-state index contributed by atoms with van der Waals surface area (Å²) in [6, 6.07) is 7.56. The van der Waals surface area contributed by atoms with Gasteiger partial charge in [-0.2, -0.15) is 5.10 Å². The van der Waals surface area contributed by atoms with Gasteiger partial charge in [0.1, 0.15) is 5.75 Å². The zero-order valence-electron chi connectivity index (χ0n) is 14.7. The third-order valence-electron chi connectivity index (χ3n) is 3.43. The molecule has 1 heterocycles. The minimum Gasteiger partial charge on any atom is -0.493 e. The van der Waals surface area contributed by atoms with Crippen LogP contribution < -0.4 is 15.7 Å². The van der Waals surface area contributed by atoms with Crippen LogP contribution in [-0.2, 0) is 6.42 Å².